The Labute approximate surface area is 130 Å². The van der Waals surface area contributed by atoms with Crippen molar-refractivity contribution in [3.63, 3.8) is 0 Å². The van der Waals surface area contributed by atoms with E-state index in [1.165, 1.54) is 4.88 Å². The fourth-order valence-electron chi connectivity index (χ4n) is 3.21. The molecule has 0 aromatic carbocycles. The van der Waals surface area contributed by atoms with Crippen LogP contribution in [-0.4, -0.2) is 36.1 Å². The Morgan fingerprint density at radius 3 is 3.00 bits per heavy atom. The summed E-state index contributed by atoms with van der Waals surface area (Å²) in [5.74, 6) is 0.746. The van der Waals surface area contributed by atoms with Crippen LogP contribution >= 0.6 is 11.3 Å². The first-order valence-electron chi connectivity index (χ1n) is 7.86. The zero-order chi connectivity index (χ0) is 14.8. The molecule has 3 atom stereocenters. The van der Waals surface area contributed by atoms with Crippen molar-refractivity contribution < 1.29 is 9.53 Å². The van der Waals surface area contributed by atoms with Crippen LogP contribution in [0.25, 0.3) is 0 Å². The first kappa shape index (κ1) is 15.0. The predicted octanol–water partition coefficient (Wildman–Crippen LogP) is 2.77. The van der Waals surface area contributed by atoms with Crippen molar-refractivity contribution in [2.75, 3.05) is 13.2 Å². The van der Waals surface area contributed by atoms with Crippen molar-refractivity contribution in [2.24, 2.45) is 5.92 Å². The highest BCUT2D eigenvalue weighted by molar-refractivity contribution is 7.10. The van der Waals surface area contributed by atoms with Crippen molar-refractivity contribution in [3.05, 3.63) is 22.4 Å². The highest BCUT2D eigenvalue weighted by Crippen LogP contribution is 2.31. The second-order valence-electron chi connectivity index (χ2n) is 6.39. The standard InChI is InChI=1S/C16H24N2O2S/c1-11(2)9-13-16(19)18(10-12-5-3-7-20-12)15(17-13)14-6-4-8-21-14/h4,6,8,11-13,15,17H,3,5,7,9-10H2,1-2H3. The maximum atomic E-state index is 12.7. The second-order valence-corrected chi connectivity index (χ2v) is 7.37. The van der Waals surface area contributed by atoms with Crippen molar-refractivity contribution in [1.82, 2.24) is 10.2 Å². The molecule has 1 aromatic rings. The molecule has 1 aromatic heterocycles. The zero-order valence-corrected chi connectivity index (χ0v) is 13.6. The highest BCUT2D eigenvalue weighted by Gasteiger charge is 2.41. The van der Waals surface area contributed by atoms with Gasteiger partial charge in [-0.05, 0) is 36.6 Å². The number of hydrogen-bond acceptors (Lipinski definition) is 4. The van der Waals surface area contributed by atoms with Crippen LogP contribution in [0.2, 0.25) is 0 Å². The molecule has 0 radical (unpaired) electrons. The van der Waals surface area contributed by atoms with Crippen LogP contribution in [0, 0.1) is 5.92 Å². The minimum Gasteiger partial charge on any atom is -0.376 e. The van der Waals surface area contributed by atoms with E-state index in [4.69, 9.17) is 4.74 Å². The molecule has 0 saturated carbocycles. The Balaban J connectivity index is 1.76. The van der Waals surface area contributed by atoms with E-state index in [1.54, 1.807) is 11.3 Å². The molecule has 21 heavy (non-hydrogen) atoms. The molecule has 0 aliphatic carbocycles. The van der Waals surface area contributed by atoms with Crippen molar-refractivity contribution in [1.29, 1.82) is 0 Å². The third-order valence-electron chi connectivity index (χ3n) is 4.20. The lowest BCUT2D eigenvalue weighted by Crippen LogP contribution is -2.37. The second kappa shape index (κ2) is 6.46. The average Bonchev–Trinajstić information content (AvgIpc) is 3.15. The van der Waals surface area contributed by atoms with E-state index >= 15 is 0 Å². The van der Waals surface area contributed by atoms with Crippen molar-refractivity contribution in [3.8, 4) is 0 Å². The number of rotatable bonds is 5. The summed E-state index contributed by atoms with van der Waals surface area (Å²) >= 11 is 1.71. The van der Waals surface area contributed by atoms with E-state index in [0.29, 0.717) is 12.5 Å². The smallest absolute Gasteiger partial charge is 0.241 e. The summed E-state index contributed by atoms with van der Waals surface area (Å²) in [5, 5.41) is 5.60. The van der Waals surface area contributed by atoms with Crippen LogP contribution in [-0.2, 0) is 9.53 Å². The van der Waals surface area contributed by atoms with E-state index in [-0.39, 0.29) is 24.2 Å². The Kier molecular flexibility index (Phi) is 4.62. The van der Waals surface area contributed by atoms with E-state index in [1.807, 2.05) is 11.0 Å². The molecule has 5 heteroatoms. The van der Waals surface area contributed by atoms with Gasteiger partial charge in [-0.2, -0.15) is 0 Å². The van der Waals surface area contributed by atoms with Gasteiger partial charge in [-0.15, -0.1) is 11.3 Å². The van der Waals surface area contributed by atoms with Crippen LogP contribution in [0.4, 0.5) is 0 Å². The molecular weight excluding hydrogens is 284 g/mol. The average molecular weight is 308 g/mol. The van der Waals surface area contributed by atoms with E-state index in [9.17, 15) is 4.79 Å². The minimum atomic E-state index is -0.0569. The molecule has 2 saturated heterocycles. The topological polar surface area (TPSA) is 41.6 Å². The fourth-order valence-corrected chi connectivity index (χ4v) is 4.00. The number of amides is 1. The van der Waals surface area contributed by atoms with Gasteiger partial charge in [0.15, 0.2) is 0 Å². The molecule has 2 fully saturated rings. The highest BCUT2D eigenvalue weighted by atomic mass is 32.1. The van der Waals surface area contributed by atoms with Crippen LogP contribution < -0.4 is 5.32 Å². The van der Waals surface area contributed by atoms with Gasteiger partial charge in [0.1, 0.15) is 6.17 Å². The van der Waals surface area contributed by atoms with Gasteiger partial charge in [0, 0.05) is 18.0 Å². The summed E-state index contributed by atoms with van der Waals surface area (Å²) in [6.07, 6.45) is 3.29. The van der Waals surface area contributed by atoms with Crippen LogP contribution in [0.3, 0.4) is 0 Å². The Bertz CT molecular complexity index is 469. The van der Waals surface area contributed by atoms with Crippen LogP contribution in [0.1, 0.15) is 44.2 Å². The molecule has 2 aliphatic rings. The van der Waals surface area contributed by atoms with E-state index in [0.717, 1.165) is 25.9 Å². The minimum absolute atomic E-state index is 0.0189. The lowest BCUT2D eigenvalue weighted by Gasteiger charge is -2.26. The Morgan fingerprint density at radius 1 is 1.52 bits per heavy atom. The number of carbonyl (C=O) groups excluding carboxylic acids is 1. The van der Waals surface area contributed by atoms with Crippen LogP contribution in [0.5, 0.6) is 0 Å². The number of thiophene rings is 1. The lowest BCUT2D eigenvalue weighted by molar-refractivity contribution is -0.131. The Hall–Kier alpha value is -0.910. The van der Waals surface area contributed by atoms with Crippen molar-refractivity contribution in [2.45, 2.75) is 51.4 Å². The van der Waals surface area contributed by atoms with Crippen LogP contribution in [0.15, 0.2) is 17.5 Å². The molecule has 1 N–H and O–H groups in total. The zero-order valence-electron chi connectivity index (χ0n) is 12.7. The van der Waals surface area contributed by atoms with E-state index in [2.05, 4.69) is 30.6 Å². The monoisotopic (exact) mass is 308 g/mol. The summed E-state index contributed by atoms with van der Waals surface area (Å²) in [6.45, 7) is 5.87. The Morgan fingerprint density at radius 2 is 2.38 bits per heavy atom. The maximum Gasteiger partial charge on any atom is 0.241 e. The maximum absolute atomic E-state index is 12.7. The fraction of sp³-hybridized carbons (Fsp3) is 0.688. The third-order valence-corrected chi connectivity index (χ3v) is 5.12. The molecule has 3 heterocycles. The SMILES string of the molecule is CC(C)CC1NC(c2cccs2)N(CC2CCCO2)C1=O. The molecule has 0 bridgehead atoms. The number of hydrogen-bond donors (Lipinski definition) is 1. The predicted molar refractivity (Wildman–Crippen MR) is 84.1 cm³/mol. The first-order chi connectivity index (χ1) is 10.1. The van der Waals surface area contributed by atoms with Gasteiger partial charge in [-0.3, -0.25) is 10.1 Å². The molecule has 2 aliphatic heterocycles. The van der Waals surface area contributed by atoms with Gasteiger partial charge in [0.2, 0.25) is 5.91 Å². The number of ether oxygens (including phenoxy) is 1. The van der Waals surface area contributed by atoms with Gasteiger partial charge >= 0.3 is 0 Å². The quantitative estimate of drug-likeness (QED) is 0.909. The summed E-state index contributed by atoms with van der Waals surface area (Å²) in [4.78, 5) is 16.0. The van der Waals surface area contributed by atoms with Gasteiger partial charge in [-0.1, -0.05) is 19.9 Å². The molecule has 3 rings (SSSR count). The van der Waals surface area contributed by atoms with Gasteiger partial charge < -0.3 is 9.64 Å². The summed E-state index contributed by atoms with van der Waals surface area (Å²) in [5.41, 5.74) is 0. The summed E-state index contributed by atoms with van der Waals surface area (Å²) in [6, 6.07) is 4.10. The van der Waals surface area contributed by atoms with Gasteiger partial charge in [-0.25, -0.2) is 0 Å². The lowest BCUT2D eigenvalue weighted by atomic mass is 10.0. The molecule has 3 unspecified atom stereocenters. The summed E-state index contributed by atoms with van der Waals surface area (Å²) < 4.78 is 5.73. The van der Waals surface area contributed by atoms with Crippen molar-refractivity contribution >= 4 is 17.2 Å². The number of carbonyl (C=O) groups is 1. The molecule has 0 spiro atoms. The van der Waals surface area contributed by atoms with Gasteiger partial charge in [0.05, 0.1) is 12.1 Å². The largest absolute Gasteiger partial charge is 0.376 e. The number of nitrogens with zero attached hydrogens (tertiary/aromatic N) is 1. The van der Waals surface area contributed by atoms with Gasteiger partial charge in [0.25, 0.3) is 0 Å². The molecule has 4 nitrogen and oxygen atoms in total. The van der Waals surface area contributed by atoms with E-state index < -0.39 is 0 Å². The third kappa shape index (κ3) is 3.30. The summed E-state index contributed by atoms with van der Waals surface area (Å²) in [7, 11) is 0. The normalized spacial score (nSPS) is 29.8. The molecular formula is C16H24N2O2S. The molecule has 116 valence electrons. The number of nitrogens with one attached hydrogen (secondary N) is 1. The molecule has 1 amide bonds. The first-order valence-corrected chi connectivity index (χ1v) is 8.74.